The smallest absolute Gasteiger partial charge is 0.252 e. The van der Waals surface area contributed by atoms with Crippen molar-refractivity contribution in [3.05, 3.63) is 28.8 Å². The van der Waals surface area contributed by atoms with Crippen LogP contribution in [0.5, 0.6) is 0 Å². The fourth-order valence-corrected chi connectivity index (χ4v) is 5.64. The van der Waals surface area contributed by atoms with E-state index in [1.807, 2.05) is 0 Å². The molecule has 1 aromatic carbocycles. The van der Waals surface area contributed by atoms with Gasteiger partial charge < -0.3 is 5.32 Å². The minimum absolute atomic E-state index is 0.143. The molecule has 1 saturated carbocycles. The average Bonchev–Trinajstić information content (AvgIpc) is 2.67. The third-order valence-electron chi connectivity index (χ3n) is 5.84. The zero-order valence-electron chi connectivity index (χ0n) is 15.9. The SMILES string of the molecule is CC1CCN(S(=O)(=O)c2ccc(Cl)c(C(=O)NCC3CCCCC3)c2)CC1. The first kappa shape index (κ1) is 20.6. The van der Waals surface area contributed by atoms with E-state index in [9.17, 15) is 13.2 Å². The number of benzene rings is 1. The zero-order valence-corrected chi connectivity index (χ0v) is 17.5. The Balaban J connectivity index is 1.72. The second-order valence-corrected chi connectivity index (χ2v) is 10.3. The predicted molar refractivity (Wildman–Crippen MR) is 108 cm³/mol. The van der Waals surface area contributed by atoms with Gasteiger partial charge in [0.1, 0.15) is 0 Å². The maximum atomic E-state index is 12.9. The zero-order chi connectivity index (χ0) is 19.4. The van der Waals surface area contributed by atoms with Gasteiger partial charge in [-0.3, -0.25) is 4.79 Å². The third kappa shape index (κ3) is 5.04. The summed E-state index contributed by atoms with van der Waals surface area (Å²) in [7, 11) is -3.60. The Morgan fingerprint density at radius 2 is 1.81 bits per heavy atom. The number of carbonyl (C=O) groups is 1. The largest absolute Gasteiger partial charge is 0.352 e. The van der Waals surface area contributed by atoms with E-state index in [0.717, 1.165) is 25.7 Å². The van der Waals surface area contributed by atoms with Crippen molar-refractivity contribution < 1.29 is 13.2 Å². The molecule has 1 aromatic rings. The Bertz CT molecular complexity index is 767. The molecule has 0 atom stereocenters. The van der Waals surface area contributed by atoms with Crippen molar-refractivity contribution in [2.24, 2.45) is 11.8 Å². The summed E-state index contributed by atoms with van der Waals surface area (Å²) in [5.74, 6) is 0.751. The molecule has 27 heavy (non-hydrogen) atoms. The average molecular weight is 413 g/mol. The number of piperidine rings is 1. The van der Waals surface area contributed by atoms with Crippen LogP contribution in [0.25, 0.3) is 0 Å². The molecule has 1 N–H and O–H groups in total. The van der Waals surface area contributed by atoms with Crippen molar-refractivity contribution in [1.82, 2.24) is 9.62 Å². The number of hydrogen-bond donors (Lipinski definition) is 1. The Labute approximate surface area is 167 Å². The molecular weight excluding hydrogens is 384 g/mol. The van der Waals surface area contributed by atoms with Crippen LogP contribution >= 0.6 is 11.6 Å². The van der Waals surface area contributed by atoms with Gasteiger partial charge in [0.2, 0.25) is 10.0 Å². The van der Waals surface area contributed by atoms with Gasteiger partial charge in [-0.05, 0) is 55.7 Å². The molecule has 0 bridgehead atoms. The van der Waals surface area contributed by atoms with Crippen LogP contribution in [0.4, 0.5) is 0 Å². The van der Waals surface area contributed by atoms with E-state index in [0.29, 0.717) is 31.5 Å². The van der Waals surface area contributed by atoms with E-state index in [1.54, 1.807) is 0 Å². The van der Waals surface area contributed by atoms with Crippen molar-refractivity contribution in [3.63, 3.8) is 0 Å². The lowest BCUT2D eigenvalue weighted by Crippen LogP contribution is -2.38. The maximum absolute atomic E-state index is 12.9. The molecule has 5 nitrogen and oxygen atoms in total. The molecule has 1 heterocycles. The van der Waals surface area contributed by atoms with Gasteiger partial charge in [-0.1, -0.05) is 37.8 Å². The lowest BCUT2D eigenvalue weighted by atomic mass is 9.89. The molecule has 1 aliphatic heterocycles. The maximum Gasteiger partial charge on any atom is 0.252 e. The van der Waals surface area contributed by atoms with Gasteiger partial charge in [-0.15, -0.1) is 0 Å². The number of sulfonamides is 1. The van der Waals surface area contributed by atoms with Crippen molar-refractivity contribution in [3.8, 4) is 0 Å². The minimum Gasteiger partial charge on any atom is -0.352 e. The predicted octanol–water partition coefficient (Wildman–Crippen LogP) is 4.07. The topological polar surface area (TPSA) is 66.5 Å². The van der Waals surface area contributed by atoms with Crippen LogP contribution in [0.15, 0.2) is 23.1 Å². The molecule has 2 aliphatic rings. The summed E-state index contributed by atoms with van der Waals surface area (Å²) >= 11 is 6.20. The summed E-state index contributed by atoms with van der Waals surface area (Å²) in [5, 5.41) is 3.22. The molecule has 2 fully saturated rings. The molecule has 0 radical (unpaired) electrons. The first-order valence-electron chi connectivity index (χ1n) is 9.96. The molecule has 150 valence electrons. The van der Waals surface area contributed by atoms with Gasteiger partial charge in [-0.25, -0.2) is 8.42 Å². The number of amides is 1. The first-order chi connectivity index (χ1) is 12.9. The van der Waals surface area contributed by atoms with Crippen LogP contribution < -0.4 is 5.32 Å². The molecule has 0 unspecified atom stereocenters. The lowest BCUT2D eigenvalue weighted by Gasteiger charge is -2.29. The van der Waals surface area contributed by atoms with Gasteiger partial charge in [0, 0.05) is 19.6 Å². The number of carbonyl (C=O) groups excluding carboxylic acids is 1. The monoisotopic (exact) mass is 412 g/mol. The van der Waals surface area contributed by atoms with E-state index >= 15 is 0 Å². The molecular formula is C20H29ClN2O3S. The third-order valence-corrected chi connectivity index (χ3v) is 8.06. The van der Waals surface area contributed by atoms with Crippen LogP contribution in [-0.2, 0) is 10.0 Å². The Morgan fingerprint density at radius 3 is 2.48 bits per heavy atom. The molecule has 0 spiro atoms. The number of rotatable bonds is 5. The Hall–Kier alpha value is -1.11. The summed E-state index contributed by atoms with van der Waals surface area (Å²) in [4.78, 5) is 12.7. The van der Waals surface area contributed by atoms with Gasteiger partial charge in [0.25, 0.3) is 5.91 Å². The lowest BCUT2D eigenvalue weighted by molar-refractivity contribution is 0.0943. The van der Waals surface area contributed by atoms with Crippen LogP contribution in [0.3, 0.4) is 0 Å². The highest BCUT2D eigenvalue weighted by Crippen LogP contribution is 2.27. The number of nitrogens with one attached hydrogen (secondary N) is 1. The van der Waals surface area contributed by atoms with Gasteiger partial charge >= 0.3 is 0 Å². The standard InChI is InChI=1S/C20H29ClN2O3S/c1-15-9-11-23(12-10-15)27(25,26)17-7-8-19(21)18(13-17)20(24)22-14-16-5-3-2-4-6-16/h7-8,13,15-16H,2-6,9-12,14H2,1H3,(H,22,24). The van der Waals surface area contributed by atoms with Crippen LogP contribution in [-0.4, -0.2) is 38.3 Å². The quantitative estimate of drug-likeness (QED) is 0.792. The van der Waals surface area contributed by atoms with Crippen molar-refractivity contribution in [1.29, 1.82) is 0 Å². The van der Waals surface area contributed by atoms with E-state index in [1.165, 1.54) is 41.8 Å². The fourth-order valence-electron chi connectivity index (χ4n) is 3.94. The van der Waals surface area contributed by atoms with Gasteiger partial charge in [0.05, 0.1) is 15.5 Å². The highest BCUT2D eigenvalue weighted by atomic mass is 35.5. The molecule has 3 rings (SSSR count). The Morgan fingerprint density at radius 1 is 1.15 bits per heavy atom. The number of halogens is 1. The highest BCUT2D eigenvalue weighted by Gasteiger charge is 2.29. The molecule has 7 heteroatoms. The summed E-state index contributed by atoms with van der Waals surface area (Å²) in [6.45, 7) is 3.81. The molecule has 1 saturated heterocycles. The van der Waals surface area contributed by atoms with Crippen LogP contribution in [0.2, 0.25) is 5.02 Å². The molecule has 1 amide bonds. The van der Waals surface area contributed by atoms with Crippen LogP contribution in [0, 0.1) is 11.8 Å². The van der Waals surface area contributed by atoms with E-state index in [2.05, 4.69) is 12.2 Å². The first-order valence-corrected chi connectivity index (χ1v) is 11.8. The molecule has 0 aromatic heterocycles. The minimum atomic E-state index is -3.60. The van der Waals surface area contributed by atoms with E-state index in [4.69, 9.17) is 11.6 Å². The summed E-state index contributed by atoms with van der Waals surface area (Å²) in [6, 6.07) is 4.43. The summed E-state index contributed by atoms with van der Waals surface area (Å²) < 4.78 is 27.4. The molecule has 1 aliphatic carbocycles. The second-order valence-electron chi connectivity index (χ2n) is 7.94. The van der Waals surface area contributed by atoms with Crippen molar-refractivity contribution in [2.75, 3.05) is 19.6 Å². The van der Waals surface area contributed by atoms with Crippen molar-refractivity contribution in [2.45, 2.75) is 56.8 Å². The second kappa shape index (κ2) is 8.93. The van der Waals surface area contributed by atoms with Crippen LogP contribution in [0.1, 0.15) is 62.2 Å². The normalized spacial score (nSPS) is 20.5. The van der Waals surface area contributed by atoms with Crippen molar-refractivity contribution >= 4 is 27.5 Å². The van der Waals surface area contributed by atoms with E-state index in [-0.39, 0.29) is 21.4 Å². The summed E-state index contributed by atoms with van der Waals surface area (Å²) in [6.07, 6.45) is 7.69. The number of hydrogen-bond acceptors (Lipinski definition) is 3. The number of nitrogens with zero attached hydrogens (tertiary/aromatic N) is 1. The fraction of sp³-hybridized carbons (Fsp3) is 0.650. The Kier molecular flexibility index (Phi) is 6.82. The van der Waals surface area contributed by atoms with Gasteiger partial charge in [-0.2, -0.15) is 4.31 Å². The van der Waals surface area contributed by atoms with Gasteiger partial charge in [0.15, 0.2) is 0 Å². The highest BCUT2D eigenvalue weighted by molar-refractivity contribution is 7.89. The summed E-state index contributed by atoms with van der Waals surface area (Å²) in [5.41, 5.74) is 0.235. The van der Waals surface area contributed by atoms with E-state index < -0.39 is 10.0 Å².